The lowest BCUT2D eigenvalue weighted by Crippen LogP contribution is -2.56. The normalized spacial score (nSPS) is 13.4. The third kappa shape index (κ3) is 12.1. The summed E-state index contributed by atoms with van der Waals surface area (Å²) in [6.45, 7) is 16.5. The molecule has 9 heteroatoms. The summed E-state index contributed by atoms with van der Waals surface area (Å²) in [6.07, 6.45) is 0.165. The fourth-order valence-electron chi connectivity index (χ4n) is 5.66. The highest BCUT2D eigenvalue weighted by molar-refractivity contribution is 5.94. The maximum Gasteiger partial charge on any atom is 0.408 e. The number of hydrogen-bond acceptors (Lipinski definition) is 6. The first-order valence-electron chi connectivity index (χ1n) is 17.0. The highest BCUT2D eigenvalue weighted by Crippen LogP contribution is 2.30. The van der Waals surface area contributed by atoms with Crippen LogP contribution < -0.4 is 10.6 Å². The summed E-state index contributed by atoms with van der Waals surface area (Å²) in [6, 6.07) is 21.3. The number of amides is 3. The maximum absolute atomic E-state index is 14.8. The lowest BCUT2D eigenvalue weighted by atomic mass is 9.92. The van der Waals surface area contributed by atoms with Gasteiger partial charge in [0.25, 0.3) is 0 Å². The molecule has 3 amide bonds. The zero-order chi connectivity index (χ0) is 36.4. The fraction of sp³-hybridized carbons (Fsp3) is 0.450. The summed E-state index contributed by atoms with van der Waals surface area (Å²) in [5.74, 6) is -1.55. The molecule has 0 aromatic heterocycles. The second-order valence-electron chi connectivity index (χ2n) is 14.4. The van der Waals surface area contributed by atoms with E-state index >= 15 is 0 Å². The van der Waals surface area contributed by atoms with Crippen molar-refractivity contribution in [2.24, 2.45) is 0 Å². The predicted molar refractivity (Wildman–Crippen MR) is 192 cm³/mol. The quantitative estimate of drug-likeness (QED) is 0.194. The van der Waals surface area contributed by atoms with Crippen LogP contribution in [0.4, 0.5) is 4.79 Å². The van der Waals surface area contributed by atoms with Gasteiger partial charge in [0.15, 0.2) is 0 Å². The topological polar surface area (TPSA) is 114 Å². The van der Waals surface area contributed by atoms with Crippen molar-refractivity contribution in [3.05, 3.63) is 107 Å². The largest absolute Gasteiger partial charge is 0.458 e. The molecule has 0 aliphatic rings. The first-order valence-corrected chi connectivity index (χ1v) is 17.0. The highest BCUT2D eigenvalue weighted by atomic mass is 16.6. The third-order valence-electron chi connectivity index (χ3n) is 7.69. The number of carbonyl (C=O) groups is 4. The van der Waals surface area contributed by atoms with Crippen molar-refractivity contribution in [1.29, 1.82) is 0 Å². The fourth-order valence-corrected chi connectivity index (χ4v) is 5.66. The minimum absolute atomic E-state index is 0.175. The predicted octanol–water partition coefficient (Wildman–Crippen LogP) is 6.79. The van der Waals surface area contributed by atoms with Crippen molar-refractivity contribution in [3.8, 4) is 0 Å². The SMILES string of the molecule is CCCN(C(=O)C(Cc1ccccc1)NC(=O)OC(C)(C)C)C(C(=O)NC(Cc1ccccc1)C(=O)OC(C)(C)C)c1c(C)cccc1C. The molecule has 3 unspecified atom stereocenters. The van der Waals surface area contributed by atoms with Crippen molar-refractivity contribution in [2.75, 3.05) is 6.54 Å². The van der Waals surface area contributed by atoms with Gasteiger partial charge in [-0.25, -0.2) is 9.59 Å². The molecule has 9 nitrogen and oxygen atoms in total. The Bertz CT molecular complexity index is 1540. The lowest BCUT2D eigenvalue weighted by molar-refractivity contribution is -0.159. The van der Waals surface area contributed by atoms with E-state index in [1.807, 2.05) is 99.6 Å². The van der Waals surface area contributed by atoms with Crippen LogP contribution in [0.25, 0.3) is 0 Å². The Morgan fingerprint density at radius 1 is 0.673 bits per heavy atom. The van der Waals surface area contributed by atoms with E-state index in [9.17, 15) is 19.2 Å². The Labute approximate surface area is 291 Å². The van der Waals surface area contributed by atoms with Gasteiger partial charge in [0, 0.05) is 19.4 Å². The van der Waals surface area contributed by atoms with E-state index in [-0.39, 0.29) is 19.4 Å². The molecule has 0 saturated heterocycles. The summed E-state index contributed by atoms with van der Waals surface area (Å²) in [7, 11) is 0. The van der Waals surface area contributed by atoms with Gasteiger partial charge in [0.05, 0.1) is 0 Å². The molecular weight excluding hydrogens is 618 g/mol. The smallest absolute Gasteiger partial charge is 0.408 e. The third-order valence-corrected chi connectivity index (χ3v) is 7.69. The molecule has 2 N–H and O–H groups in total. The summed E-state index contributed by atoms with van der Waals surface area (Å²) in [5.41, 5.74) is 2.37. The van der Waals surface area contributed by atoms with Crippen LogP contribution in [-0.4, -0.2) is 58.6 Å². The minimum atomic E-state index is -1.12. The number of nitrogens with one attached hydrogen (secondary N) is 2. The molecule has 3 aromatic carbocycles. The molecule has 0 heterocycles. The second-order valence-corrected chi connectivity index (χ2v) is 14.4. The number of carbonyl (C=O) groups excluding carboxylic acids is 4. The van der Waals surface area contributed by atoms with E-state index in [0.717, 1.165) is 22.3 Å². The average molecular weight is 672 g/mol. The van der Waals surface area contributed by atoms with Gasteiger partial charge in [-0.05, 0) is 89.6 Å². The van der Waals surface area contributed by atoms with Gasteiger partial charge >= 0.3 is 12.1 Å². The number of hydrogen-bond donors (Lipinski definition) is 2. The number of esters is 1. The molecule has 49 heavy (non-hydrogen) atoms. The standard InChI is InChI=1S/C40H53N3O6/c1-10-24-43(36(45)31(25-29-20-13-11-14-21-29)42-38(47)49-40(7,8)9)34(33-27(2)18-17-19-28(33)3)35(44)41-32(37(46)48-39(4,5)6)26-30-22-15-12-16-23-30/h11-23,31-32,34H,10,24-26H2,1-9H3,(H,41,44)(H,42,47). The zero-order valence-electron chi connectivity index (χ0n) is 30.5. The van der Waals surface area contributed by atoms with E-state index in [1.54, 1.807) is 41.5 Å². The highest BCUT2D eigenvalue weighted by Gasteiger charge is 2.39. The molecule has 0 aliphatic heterocycles. The van der Waals surface area contributed by atoms with Gasteiger partial charge in [0.1, 0.15) is 29.3 Å². The van der Waals surface area contributed by atoms with Gasteiger partial charge in [-0.2, -0.15) is 0 Å². The monoisotopic (exact) mass is 671 g/mol. The second kappa shape index (κ2) is 17.1. The van der Waals surface area contributed by atoms with E-state index in [2.05, 4.69) is 10.6 Å². The number of alkyl carbamates (subject to hydrolysis) is 1. The van der Waals surface area contributed by atoms with Crippen LogP contribution in [0, 0.1) is 13.8 Å². The Balaban J connectivity index is 2.12. The maximum atomic E-state index is 14.8. The summed E-state index contributed by atoms with van der Waals surface area (Å²) in [5, 5.41) is 5.77. The number of aryl methyl sites for hydroxylation is 2. The minimum Gasteiger partial charge on any atom is -0.458 e. The molecule has 0 radical (unpaired) electrons. The Morgan fingerprint density at radius 2 is 1.16 bits per heavy atom. The Hall–Kier alpha value is -4.66. The van der Waals surface area contributed by atoms with Gasteiger partial charge in [-0.1, -0.05) is 85.8 Å². The van der Waals surface area contributed by atoms with Gasteiger partial charge in [-0.15, -0.1) is 0 Å². The van der Waals surface area contributed by atoms with Crippen LogP contribution in [0.2, 0.25) is 0 Å². The van der Waals surface area contributed by atoms with Crippen LogP contribution >= 0.6 is 0 Å². The summed E-state index contributed by atoms with van der Waals surface area (Å²) < 4.78 is 11.3. The molecule has 0 spiro atoms. The van der Waals surface area contributed by atoms with Crippen molar-refractivity contribution < 1.29 is 28.7 Å². The van der Waals surface area contributed by atoms with Crippen molar-refractivity contribution in [1.82, 2.24) is 15.5 Å². The number of benzene rings is 3. The molecule has 3 rings (SSSR count). The van der Waals surface area contributed by atoms with Crippen molar-refractivity contribution >= 4 is 23.9 Å². The lowest BCUT2D eigenvalue weighted by Gasteiger charge is -2.36. The van der Waals surface area contributed by atoms with Crippen LogP contribution in [0.5, 0.6) is 0 Å². The van der Waals surface area contributed by atoms with E-state index in [4.69, 9.17) is 9.47 Å². The van der Waals surface area contributed by atoms with Crippen LogP contribution in [0.15, 0.2) is 78.9 Å². The molecule has 3 atom stereocenters. The van der Waals surface area contributed by atoms with E-state index in [0.29, 0.717) is 12.0 Å². The molecule has 264 valence electrons. The van der Waals surface area contributed by atoms with Crippen LogP contribution in [-0.2, 0) is 36.7 Å². The first-order chi connectivity index (χ1) is 23.0. The van der Waals surface area contributed by atoms with Gasteiger partial charge < -0.3 is 25.0 Å². The summed E-state index contributed by atoms with van der Waals surface area (Å²) >= 11 is 0. The molecule has 0 bridgehead atoms. The molecule has 0 fully saturated rings. The van der Waals surface area contributed by atoms with Crippen molar-refractivity contribution in [3.63, 3.8) is 0 Å². The number of ether oxygens (including phenoxy) is 2. The number of rotatable bonds is 13. The number of nitrogens with zero attached hydrogens (tertiary/aromatic N) is 1. The van der Waals surface area contributed by atoms with Crippen LogP contribution in [0.3, 0.4) is 0 Å². The molecule has 0 saturated carbocycles. The van der Waals surface area contributed by atoms with Crippen LogP contribution in [0.1, 0.15) is 88.7 Å². The first kappa shape index (κ1) is 38.8. The molecular formula is C40H53N3O6. The van der Waals surface area contributed by atoms with E-state index < -0.39 is 53.2 Å². The molecule has 3 aromatic rings. The Kier molecular flexibility index (Phi) is 13.6. The van der Waals surface area contributed by atoms with Gasteiger partial charge in [0.2, 0.25) is 11.8 Å². The molecule has 0 aliphatic carbocycles. The van der Waals surface area contributed by atoms with E-state index in [1.165, 1.54) is 4.90 Å². The van der Waals surface area contributed by atoms with Gasteiger partial charge in [-0.3, -0.25) is 9.59 Å². The summed E-state index contributed by atoms with van der Waals surface area (Å²) in [4.78, 5) is 57.7. The zero-order valence-corrected chi connectivity index (χ0v) is 30.5. The van der Waals surface area contributed by atoms with Crippen molar-refractivity contribution in [2.45, 2.75) is 111 Å². The Morgan fingerprint density at radius 3 is 1.63 bits per heavy atom. The average Bonchev–Trinajstić information content (AvgIpc) is 3.00.